The van der Waals surface area contributed by atoms with Crippen LogP contribution in [0.15, 0.2) is 24.3 Å². The summed E-state index contributed by atoms with van der Waals surface area (Å²) in [4.78, 5) is 14.3. The molecule has 1 saturated heterocycles. The van der Waals surface area contributed by atoms with E-state index in [1.54, 1.807) is 24.1 Å². The lowest BCUT2D eigenvalue weighted by Crippen LogP contribution is -2.43. The fraction of sp³-hybridized carbons (Fsp3) is 0.588. The number of hydrogen-bond donors (Lipinski definition) is 2. The number of nitrogens with one attached hydrogen (secondary N) is 1. The first-order valence-corrected chi connectivity index (χ1v) is 8.31. The number of benzene rings is 1. The molecule has 1 aliphatic heterocycles. The van der Waals surface area contributed by atoms with Crippen LogP contribution >= 0.6 is 11.6 Å². The molecule has 1 aromatic carbocycles. The minimum Gasteiger partial charge on any atom is -0.390 e. The van der Waals surface area contributed by atoms with Crippen LogP contribution in [0.4, 0.5) is 4.79 Å². The summed E-state index contributed by atoms with van der Waals surface area (Å²) in [5.41, 5.74) is 0.267. The van der Waals surface area contributed by atoms with Crippen molar-refractivity contribution < 1.29 is 14.6 Å². The topological polar surface area (TPSA) is 61.8 Å². The number of rotatable bonds is 4. The molecular formula is C17H25ClN2O3. The van der Waals surface area contributed by atoms with Gasteiger partial charge in [-0.15, -0.1) is 0 Å². The molecular weight excluding hydrogens is 316 g/mol. The van der Waals surface area contributed by atoms with Crippen LogP contribution in [0.3, 0.4) is 0 Å². The zero-order chi connectivity index (χ0) is 16.9. The van der Waals surface area contributed by atoms with Gasteiger partial charge in [0.1, 0.15) is 0 Å². The summed E-state index contributed by atoms with van der Waals surface area (Å²) in [6.07, 6.45) is 2.11. The molecule has 0 saturated carbocycles. The highest BCUT2D eigenvalue weighted by Crippen LogP contribution is 2.22. The van der Waals surface area contributed by atoms with Crippen molar-refractivity contribution >= 4 is 17.6 Å². The molecule has 5 nitrogen and oxygen atoms in total. The second-order valence-electron chi connectivity index (χ2n) is 6.35. The Balaban J connectivity index is 2.01. The van der Waals surface area contributed by atoms with Gasteiger partial charge in [0, 0.05) is 25.2 Å². The quantitative estimate of drug-likeness (QED) is 0.885. The first kappa shape index (κ1) is 18.0. The number of halogens is 1. The fourth-order valence-electron chi connectivity index (χ4n) is 2.79. The molecule has 1 fully saturated rings. The number of hydrogen-bond acceptors (Lipinski definition) is 3. The van der Waals surface area contributed by atoms with E-state index in [1.807, 2.05) is 19.1 Å². The van der Waals surface area contributed by atoms with Crippen LogP contribution in [0.5, 0.6) is 0 Å². The zero-order valence-electron chi connectivity index (χ0n) is 13.7. The van der Waals surface area contributed by atoms with Crippen molar-refractivity contribution in [2.24, 2.45) is 0 Å². The lowest BCUT2D eigenvalue weighted by molar-refractivity contribution is 0.0456. The number of methoxy groups -OCH3 is 1. The van der Waals surface area contributed by atoms with Crippen LogP contribution in [0.25, 0.3) is 0 Å². The van der Waals surface area contributed by atoms with Gasteiger partial charge < -0.3 is 20.1 Å². The van der Waals surface area contributed by atoms with Gasteiger partial charge in [-0.3, -0.25) is 0 Å². The van der Waals surface area contributed by atoms with Crippen molar-refractivity contribution in [2.45, 2.75) is 37.8 Å². The molecule has 2 atom stereocenters. The smallest absolute Gasteiger partial charge is 0.317 e. The van der Waals surface area contributed by atoms with Gasteiger partial charge in [0.2, 0.25) is 0 Å². The van der Waals surface area contributed by atoms with E-state index in [0.717, 1.165) is 18.4 Å². The maximum Gasteiger partial charge on any atom is 0.317 e. The van der Waals surface area contributed by atoms with Crippen molar-refractivity contribution in [2.75, 3.05) is 26.8 Å². The lowest BCUT2D eigenvalue weighted by atomic mass is 9.98. The highest BCUT2D eigenvalue weighted by Gasteiger charge is 2.28. The Labute approximate surface area is 142 Å². The molecule has 0 unspecified atom stereocenters. The van der Waals surface area contributed by atoms with Crippen molar-refractivity contribution in [3.63, 3.8) is 0 Å². The minimum absolute atomic E-state index is 0.125. The first-order chi connectivity index (χ1) is 10.9. The molecule has 0 spiro atoms. The van der Waals surface area contributed by atoms with E-state index in [1.165, 1.54) is 0 Å². The molecule has 0 bridgehead atoms. The number of carbonyl (C=O) groups excluding carboxylic acids is 1. The molecule has 0 radical (unpaired) electrons. The van der Waals surface area contributed by atoms with E-state index in [0.29, 0.717) is 31.1 Å². The first-order valence-electron chi connectivity index (χ1n) is 7.93. The summed E-state index contributed by atoms with van der Waals surface area (Å²) < 4.78 is 5.23. The molecule has 23 heavy (non-hydrogen) atoms. The maximum absolute atomic E-state index is 12.5. The van der Waals surface area contributed by atoms with Crippen LogP contribution in [0.2, 0.25) is 5.02 Å². The molecule has 1 aliphatic rings. The highest BCUT2D eigenvalue weighted by atomic mass is 35.5. The molecule has 2 amide bonds. The van der Waals surface area contributed by atoms with Gasteiger partial charge in [-0.05, 0) is 43.9 Å². The monoisotopic (exact) mass is 340 g/mol. The Kier molecular flexibility index (Phi) is 6.27. The fourth-order valence-corrected chi connectivity index (χ4v) is 2.92. The summed E-state index contributed by atoms with van der Waals surface area (Å²) in [6, 6.07) is 7.02. The molecule has 1 aromatic rings. The minimum atomic E-state index is -0.683. The molecule has 128 valence electrons. The Hall–Kier alpha value is -1.30. The Bertz CT molecular complexity index is 519. The molecule has 0 aliphatic carbocycles. The number of nitrogens with zero attached hydrogens (tertiary/aromatic N) is 1. The van der Waals surface area contributed by atoms with Crippen LogP contribution in [0, 0.1) is 0 Å². The Morgan fingerprint density at radius 3 is 2.74 bits per heavy atom. The van der Waals surface area contributed by atoms with Crippen molar-refractivity contribution in [3.05, 3.63) is 34.9 Å². The van der Waals surface area contributed by atoms with Gasteiger partial charge in [-0.2, -0.15) is 0 Å². The van der Waals surface area contributed by atoms with Gasteiger partial charge in [0.25, 0.3) is 0 Å². The van der Waals surface area contributed by atoms with Gasteiger partial charge in [-0.25, -0.2) is 4.79 Å². The summed E-state index contributed by atoms with van der Waals surface area (Å²) in [7, 11) is 1.61. The Morgan fingerprint density at radius 1 is 1.39 bits per heavy atom. The molecule has 2 N–H and O–H groups in total. The van der Waals surface area contributed by atoms with Gasteiger partial charge in [0.05, 0.1) is 18.2 Å². The third kappa shape index (κ3) is 5.37. The molecule has 2 rings (SSSR count). The van der Waals surface area contributed by atoms with Crippen LogP contribution in [-0.2, 0) is 4.74 Å². The normalized spacial score (nSPS) is 23.2. The van der Waals surface area contributed by atoms with E-state index in [9.17, 15) is 9.90 Å². The van der Waals surface area contributed by atoms with Gasteiger partial charge in [-0.1, -0.05) is 23.7 Å². The summed E-state index contributed by atoms with van der Waals surface area (Å²) in [5, 5.41) is 13.8. The number of urea groups is 1. The Morgan fingerprint density at radius 2 is 2.09 bits per heavy atom. The average Bonchev–Trinajstić information content (AvgIpc) is 2.68. The SMILES string of the molecule is COC[C@@H](NC(=O)N1CCC[C@](C)(O)CC1)c1ccc(Cl)cc1. The van der Waals surface area contributed by atoms with Crippen LogP contribution < -0.4 is 5.32 Å². The van der Waals surface area contributed by atoms with E-state index in [2.05, 4.69) is 5.32 Å². The van der Waals surface area contributed by atoms with Gasteiger partial charge >= 0.3 is 6.03 Å². The number of carbonyl (C=O) groups is 1. The molecule has 0 aromatic heterocycles. The second-order valence-corrected chi connectivity index (χ2v) is 6.78. The standard InChI is InChI=1S/C17H25ClN2O3/c1-17(22)8-3-10-20(11-9-17)16(21)19-15(12-23-2)13-4-6-14(18)7-5-13/h4-7,15,22H,3,8-12H2,1-2H3,(H,19,21)/t15-,17+/m1/s1. The number of ether oxygens (including phenoxy) is 1. The van der Waals surface area contributed by atoms with Crippen molar-refractivity contribution in [3.8, 4) is 0 Å². The summed E-state index contributed by atoms with van der Waals surface area (Å²) >= 11 is 5.92. The van der Waals surface area contributed by atoms with E-state index in [4.69, 9.17) is 16.3 Å². The third-order valence-electron chi connectivity index (χ3n) is 4.25. The number of aliphatic hydroxyl groups is 1. The maximum atomic E-state index is 12.5. The highest BCUT2D eigenvalue weighted by molar-refractivity contribution is 6.30. The second kappa shape index (κ2) is 7.99. The zero-order valence-corrected chi connectivity index (χ0v) is 14.5. The third-order valence-corrected chi connectivity index (χ3v) is 4.51. The predicted molar refractivity (Wildman–Crippen MR) is 90.6 cm³/mol. The summed E-state index contributed by atoms with van der Waals surface area (Å²) in [6.45, 7) is 3.43. The molecule has 6 heteroatoms. The van der Waals surface area contributed by atoms with E-state index in [-0.39, 0.29) is 12.1 Å². The lowest BCUT2D eigenvalue weighted by Gasteiger charge is -2.26. The van der Waals surface area contributed by atoms with Gasteiger partial charge in [0.15, 0.2) is 0 Å². The van der Waals surface area contributed by atoms with E-state index >= 15 is 0 Å². The van der Waals surface area contributed by atoms with Crippen LogP contribution in [-0.4, -0.2) is 48.4 Å². The number of amides is 2. The average molecular weight is 341 g/mol. The van der Waals surface area contributed by atoms with Crippen molar-refractivity contribution in [1.82, 2.24) is 10.2 Å². The van der Waals surface area contributed by atoms with E-state index < -0.39 is 5.60 Å². The molecule has 1 heterocycles. The largest absolute Gasteiger partial charge is 0.390 e. The van der Waals surface area contributed by atoms with Crippen molar-refractivity contribution in [1.29, 1.82) is 0 Å². The number of likely N-dealkylation sites (tertiary alicyclic amines) is 1. The van der Waals surface area contributed by atoms with Crippen LogP contribution in [0.1, 0.15) is 37.8 Å². The predicted octanol–water partition coefficient (Wildman–Crippen LogP) is 2.97. The summed E-state index contributed by atoms with van der Waals surface area (Å²) in [5.74, 6) is 0.